The quantitative estimate of drug-likeness (QED) is 0.836. The molecule has 2 rings (SSSR count). The van der Waals surface area contributed by atoms with Gasteiger partial charge in [0.15, 0.2) is 0 Å². The van der Waals surface area contributed by atoms with Gasteiger partial charge in [-0.05, 0) is 55.9 Å². The third-order valence-electron chi connectivity index (χ3n) is 3.85. The molecule has 2 aromatic carbocycles. The fraction of sp³-hybridized carbons (Fsp3) is 0.368. The number of rotatable bonds is 7. The third-order valence-corrected chi connectivity index (χ3v) is 3.85. The maximum absolute atomic E-state index is 6.24. The van der Waals surface area contributed by atoms with Gasteiger partial charge in [-0.1, -0.05) is 42.0 Å². The monoisotopic (exact) mass is 283 g/mol. The number of nitrogens with two attached hydrogens (primary N) is 1. The lowest BCUT2D eigenvalue weighted by atomic mass is 9.99. The molecule has 2 heteroatoms. The summed E-state index contributed by atoms with van der Waals surface area (Å²) in [5.74, 6) is 0.905. The van der Waals surface area contributed by atoms with Crippen LogP contribution in [0.15, 0.2) is 48.5 Å². The Bertz CT molecular complexity index is 548. The van der Waals surface area contributed by atoms with Crippen LogP contribution in [0.2, 0.25) is 0 Å². The fourth-order valence-electron chi connectivity index (χ4n) is 2.51. The fourth-order valence-corrected chi connectivity index (χ4v) is 2.51. The van der Waals surface area contributed by atoms with Crippen molar-refractivity contribution in [3.8, 4) is 5.75 Å². The first-order valence-electron chi connectivity index (χ1n) is 7.61. The highest BCUT2D eigenvalue weighted by atomic mass is 16.5. The van der Waals surface area contributed by atoms with E-state index in [4.69, 9.17) is 10.5 Å². The van der Waals surface area contributed by atoms with Crippen LogP contribution >= 0.6 is 0 Å². The van der Waals surface area contributed by atoms with E-state index in [1.165, 1.54) is 16.7 Å². The normalized spacial score (nSPS) is 12.1. The van der Waals surface area contributed by atoms with Crippen molar-refractivity contribution in [1.82, 2.24) is 0 Å². The molecule has 0 saturated heterocycles. The molecule has 2 aromatic rings. The molecule has 0 bridgehead atoms. The SMILES string of the molecule is COc1ccc(CCC(N)CCc2cccc(C)c2)cc1. The summed E-state index contributed by atoms with van der Waals surface area (Å²) >= 11 is 0. The molecule has 2 N–H and O–H groups in total. The molecule has 0 amide bonds. The van der Waals surface area contributed by atoms with Gasteiger partial charge < -0.3 is 10.5 Å². The van der Waals surface area contributed by atoms with E-state index >= 15 is 0 Å². The van der Waals surface area contributed by atoms with Gasteiger partial charge >= 0.3 is 0 Å². The van der Waals surface area contributed by atoms with E-state index in [1.807, 2.05) is 12.1 Å². The van der Waals surface area contributed by atoms with Gasteiger partial charge in [0.25, 0.3) is 0 Å². The Morgan fingerprint density at radius 1 is 0.952 bits per heavy atom. The van der Waals surface area contributed by atoms with Crippen LogP contribution in [0.4, 0.5) is 0 Å². The third kappa shape index (κ3) is 5.24. The second-order valence-corrected chi connectivity index (χ2v) is 5.67. The first-order valence-corrected chi connectivity index (χ1v) is 7.61. The van der Waals surface area contributed by atoms with Crippen molar-refractivity contribution in [3.63, 3.8) is 0 Å². The molecule has 0 heterocycles. The summed E-state index contributed by atoms with van der Waals surface area (Å²) in [6, 6.07) is 17.2. The van der Waals surface area contributed by atoms with Gasteiger partial charge in [-0.25, -0.2) is 0 Å². The highest BCUT2D eigenvalue weighted by Gasteiger charge is 2.04. The molecule has 0 aliphatic heterocycles. The van der Waals surface area contributed by atoms with Crippen LogP contribution < -0.4 is 10.5 Å². The van der Waals surface area contributed by atoms with Crippen LogP contribution in [0.3, 0.4) is 0 Å². The van der Waals surface area contributed by atoms with Gasteiger partial charge in [-0.15, -0.1) is 0 Å². The number of ether oxygens (including phenoxy) is 1. The van der Waals surface area contributed by atoms with Crippen LogP contribution in [-0.4, -0.2) is 13.2 Å². The van der Waals surface area contributed by atoms with Crippen LogP contribution in [0.25, 0.3) is 0 Å². The number of aryl methyl sites for hydroxylation is 3. The summed E-state index contributed by atoms with van der Waals surface area (Å²) in [7, 11) is 1.69. The minimum atomic E-state index is 0.257. The standard InChI is InChI=1S/C19H25NO/c1-15-4-3-5-17(14-15)7-11-18(20)10-6-16-8-12-19(21-2)13-9-16/h3-5,8-9,12-14,18H,6-7,10-11,20H2,1-2H3. The second-order valence-electron chi connectivity index (χ2n) is 5.67. The molecule has 1 unspecified atom stereocenters. The summed E-state index contributed by atoms with van der Waals surface area (Å²) in [5, 5.41) is 0. The molecule has 2 nitrogen and oxygen atoms in total. The first-order chi connectivity index (χ1) is 10.2. The second kappa shape index (κ2) is 7.84. The highest BCUT2D eigenvalue weighted by molar-refractivity contribution is 5.27. The van der Waals surface area contributed by atoms with Crippen LogP contribution in [0, 0.1) is 6.92 Å². The molecule has 0 aromatic heterocycles. The van der Waals surface area contributed by atoms with E-state index in [1.54, 1.807) is 7.11 Å². The molecule has 112 valence electrons. The molecule has 0 saturated carbocycles. The van der Waals surface area contributed by atoms with E-state index in [-0.39, 0.29) is 6.04 Å². The molecular formula is C19H25NO. The van der Waals surface area contributed by atoms with Crippen LogP contribution in [-0.2, 0) is 12.8 Å². The van der Waals surface area contributed by atoms with Gasteiger partial charge in [0, 0.05) is 6.04 Å². The van der Waals surface area contributed by atoms with E-state index in [0.717, 1.165) is 31.4 Å². The molecule has 0 aliphatic carbocycles. The average molecular weight is 283 g/mol. The van der Waals surface area contributed by atoms with Gasteiger partial charge in [0.05, 0.1) is 7.11 Å². The van der Waals surface area contributed by atoms with Crippen molar-refractivity contribution < 1.29 is 4.74 Å². The Kier molecular flexibility index (Phi) is 5.82. The van der Waals surface area contributed by atoms with Crippen LogP contribution in [0.1, 0.15) is 29.5 Å². The van der Waals surface area contributed by atoms with Crippen molar-refractivity contribution in [2.45, 2.75) is 38.6 Å². The van der Waals surface area contributed by atoms with E-state index in [0.29, 0.717) is 0 Å². The molecule has 0 aliphatic rings. The molecule has 1 atom stereocenters. The zero-order chi connectivity index (χ0) is 15.1. The molecule has 0 spiro atoms. The van der Waals surface area contributed by atoms with Crippen molar-refractivity contribution in [1.29, 1.82) is 0 Å². The minimum absolute atomic E-state index is 0.257. The smallest absolute Gasteiger partial charge is 0.118 e. The number of methoxy groups -OCH3 is 1. The molecule has 0 radical (unpaired) electrons. The Labute approximate surface area is 127 Å². The van der Waals surface area contributed by atoms with Crippen molar-refractivity contribution >= 4 is 0 Å². The zero-order valence-electron chi connectivity index (χ0n) is 13.0. The Morgan fingerprint density at radius 3 is 2.24 bits per heavy atom. The first kappa shape index (κ1) is 15.6. The van der Waals surface area contributed by atoms with Gasteiger partial charge in [0.1, 0.15) is 5.75 Å². The summed E-state index contributed by atoms with van der Waals surface area (Å²) in [6.45, 7) is 2.13. The Hall–Kier alpha value is -1.80. The van der Waals surface area contributed by atoms with E-state index < -0.39 is 0 Å². The predicted molar refractivity (Wildman–Crippen MR) is 88.8 cm³/mol. The zero-order valence-corrected chi connectivity index (χ0v) is 13.0. The Balaban J connectivity index is 1.75. The maximum atomic E-state index is 6.24. The molecule has 0 fully saturated rings. The Morgan fingerprint density at radius 2 is 1.62 bits per heavy atom. The van der Waals surface area contributed by atoms with Crippen LogP contribution in [0.5, 0.6) is 5.75 Å². The van der Waals surface area contributed by atoms with Gasteiger partial charge in [0.2, 0.25) is 0 Å². The lowest BCUT2D eigenvalue weighted by Crippen LogP contribution is -2.21. The van der Waals surface area contributed by atoms with Crippen molar-refractivity contribution in [2.75, 3.05) is 7.11 Å². The highest BCUT2D eigenvalue weighted by Crippen LogP contribution is 2.14. The number of hydrogen-bond donors (Lipinski definition) is 1. The summed E-state index contributed by atoms with van der Waals surface area (Å²) in [6.07, 6.45) is 4.15. The maximum Gasteiger partial charge on any atom is 0.118 e. The average Bonchev–Trinajstić information content (AvgIpc) is 2.51. The summed E-state index contributed by atoms with van der Waals surface area (Å²) < 4.78 is 5.17. The predicted octanol–water partition coefficient (Wildman–Crippen LogP) is 3.90. The number of hydrogen-bond acceptors (Lipinski definition) is 2. The van der Waals surface area contributed by atoms with Crippen molar-refractivity contribution in [3.05, 3.63) is 65.2 Å². The minimum Gasteiger partial charge on any atom is -0.497 e. The lowest BCUT2D eigenvalue weighted by Gasteiger charge is -2.12. The summed E-state index contributed by atoms with van der Waals surface area (Å²) in [4.78, 5) is 0. The lowest BCUT2D eigenvalue weighted by molar-refractivity contribution is 0.414. The molecule has 21 heavy (non-hydrogen) atoms. The van der Waals surface area contributed by atoms with E-state index in [2.05, 4.69) is 43.3 Å². The van der Waals surface area contributed by atoms with Gasteiger partial charge in [-0.2, -0.15) is 0 Å². The largest absolute Gasteiger partial charge is 0.497 e. The molecular weight excluding hydrogens is 258 g/mol. The van der Waals surface area contributed by atoms with E-state index in [9.17, 15) is 0 Å². The van der Waals surface area contributed by atoms with Gasteiger partial charge in [-0.3, -0.25) is 0 Å². The van der Waals surface area contributed by atoms with Crippen molar-refractivity contribution in [2.24, 2.45) is 5.73 Å². The topological polar surface area (TPSA) is 35.2 Å². The number of benzene rings is 2. The summed E-state index contributed by atoms with van der Waals surface area (Å²) in [5.41, 5.74) is 10.3.